The van der Waals surface area contributed by atoms with Gasteiger partial charge in [0.2, 0.25) is 11.8 Å². The summed E-state index contributed by atoms with van der Waals surface area (Å²) in [6.07, 6.45) is 2.39. The first kappa shape index (κ1) is 19.9. The van der Waals surface area contributed by atoms with E-state index in [1.54, 1.807) is 17.0 Å². The summed E-state index contributed by atoms with van der Waals surface area (Å²) in [5.74, 6) is -0.840. The van der Waals surface area contributed by atoms with Gasteiger partial charge in [0.15, 0.2) is 0 Å². The third-order valence-corrected chi connectivity index (χ3v) is 6.10. The van der Waals surface area contributed by atoms with E-state index in [1.807, 2.05) is 18.2 Å². The van der Waals surface area contributed by atoms with Crippen molar-refractivity contribution in [3.05, 3.63) is 65.2 Å². The molecule has 0 aliphatic carbocycles. The molecule has 0 bridgehead atoms. The van der Waals surface area contributed by atoms with Crippen LogP contribution in [0.5, 0.6) is 0 Å². The molecule has 2 saturated heterocycles. The first-order chi connectivity index (χ1) is 14.1. The Morgan fingerprint density at radius 2 is 1.66 bits per heavy atom. The summed E-state index contributed by atoms with van der Waals surface area (Å²) in [5, 5.41) is 3.76. The summed E-state index contributed by atoms with van der Waals surface area (Å²) in [7, 11) is 0. The normalized spacial score (nSPS) is 20.8. The fourth-order valence-corrected chi connectivity index (χ4v) is 4.31. The third-order valence-electron chi connectivity index (χ3n) is 5.84. The predicted molar refractivity (Wildman–Crippen MR) is 115 cm³/mol. The minimum Gasteiger partial charge on any atom is -0.353 e. The smallest absolute Gasteiger partial charge is 0.239 e. The zero-order chi connectivity index (χ0) is 20.2. The molecule has 4 rings (SSSR count). The lowest BCUT2D eigenvalue weighted by molar-refractivity contribution is -0.132. The molecule has 2 aromatic carbocycles. The lowest BCUT2D eigenvalue weighted by atomic mass is 10.0. The average Bonchev–Trinajstić information content (AvgIpc) is 3.12. The second-order valence-electron chi connectivity index (χ2n) is 7.85. The molecular weight excluding hydrogens is 386 g/mol. The zero-order valence-corrected chi connectivity index (χ0v) is 17.1. The summed E-state index contributed by atoms with van der Waals surface area (Å²) >= 11 is 5.93. The number of carbonyl (C=O) groups is 2. The second-order valence-corrected chi connectivity index (χ2v) is 8.29. The number of carbonyl (C=O) groups excluding carboxylic acids is 2. The molecule has 2 aliphatic rings. The molecule has 2 aliphatic heterocycles. The zero-order valence-electron chi connectivity index (χ0n) is 16.4. The summed E-state index contributed by atoms with van der Waals surface area (Å²) in [4.78, 5) is 29.6. The van der Waals surface area contributed by atoms with Crippen LogP contribution in [0.25, 0.3) is 0 Å². The maximum absolute atomic E-state index is 12.8. The fraction of sp³-hybridized carbons (Fsp3) is 0.391. The number of amides is 2. The molecule has 0 aromatic heterocycles. The van der Waals surface area contributed by atoms with Crippen molar-refractivity contribution in [2.45, 2.75) is 31.8 Å². The van der Waals surface area contributed by atoms with Crippen LogP contribution in [0.1, 0.15) is 24.8 Å². The highest BCUT2D eigenvalue weighted by molar-refractivity contribution is 6.30. The third kappa shape index (κ3) is 4.80. The highest BCUT2D eigenvalue weighted by Crippen LogP contribution is 2.27. The molecule has 0 spiro atoms. The van der Waals surface area contributed by atoms with Crippen molar-refractivity contribution in [2.24, 2.45) is 5.92 Å². The molecule has 2 heterocycles. The lowest BCUT2D eigenvalue weighted by Gasteiger charge is -2.32. The van der Waals surface area contributed by atoms with E-state index in [4.69, 9.17) is 11.6 Å². The van der Waals surface area contributed by atoms with Gasteiger partial charge in [0.25, 0.3) is 0 Å². The van der Waals surface area contributed by atoms with Crippen molar-refractivity contribution >= 4 is 29.1 Å². The molecule has 29 heavy (non-hydrogen) atoms. The Balaban J connectivity index is 1.27. The Bertz CT molecular complexity index is 848. The molecule has 6 heteroatoms. The quantitative estimate of drug-likeness (QED) is 0.766. The Morgan fingerprint density at radius 1 is 0.966 bits per heavy atom. The predicted octanol–water partition coefficient (Wildman–Crippen LogP) is 3.47. The summed E-state index contributed by atoms with van der Waals surface area (Å²) < 4.78 is 0. The van der Waals surface area contributed by atoms with Gasteiger partial charge in [-0.25, -0.2) is 0 Å². The number of nitrogens with zero attached hydrogens (tertiary/aromatic N) is 2. The Kier molecular flexibility index (Phi) is 6.16. The van der Waals surface area contributed by atoms with Crippen molar-refractivity contribution < 1.29 is 9.59 Å². The van der Waals surface area contributed by atoms with E-state index in [-0.39, 0.29) is 17.9 Å². The molecule has 0 unspecified atom stereocenters. The number of halogens is 1. The van der Waals surface area contributed by atoms with Crippen molar-refractivity contribution in [2.75, 3.05) is 24.5 Å². The average molecular weight is 412 g/mol. The molecule has 152 valence electrons. The van der Waals surface area contributed by atoms with Gasteiger partial charge in [-0.05, 0) is 49.1 Å². The molecule has 5 nitrogen and oxygen atoms in total. The van der Waals surface area contributed by atoms with Crippen LogP contribution in [0.4, 0.5) is 5.69 Å². The minimum absolute atomic E-state index is 0.119. The van der Waals surface area contributed by atoms with Crippen LogP contribution >= 0.6 is 11.6 Å². The number of anilines is 1. The van der Waals surface area contributed by atoms with Crippen molar-refractivity contribution in [3.8, 4) is 0 Å². The van der Waals surface area contributed by atoms with E-state index in [2.05, 4.69) is 34.5 Å². The monoisotopic (exact) mass is 411 g/mol. The number of piperidine rings is 1. The Morgan fingerprint density at radius 3 is 2.34 bits per heavy atom. The maximum Gasteiger partial charge on any atom is 0.239 e. The van der Waals surface area contributed by atoms with Gasteiger partial charge in [0.1, 0.15) is 5.92 Å². The van der Waals surface area contributed by atoms with Gasteiger partial charge in [-0.3, -0.25) is 14.5 Å². The minimum atomic E-state index is -0.590. The number of nitrogens with one attached hydrogen (secondary N) is 1. The summed E-state index contributed by atoms with van der Waals surface area (Å²) in [6.45, 7) is 3.41. The molecule has 0 saturated carbocycles. The van der Waals surface area contributed by atoms with Gasteiger partial charge in [-0.15, -0.1) is 0 Å². The van der Waals surface area contributed by atoms with Gasteiger partial charge >= 0.3 is 0 Å². The lowest BCUT2D eigenvalue weighted by Crippen LogP contribution is -2.47. The van der Waals surface area contributed by atoms with Crippen LogP contribution < -0.4 is 10.2 Å². The maximum atomic E-state index is 12.8. The Hall–Kier alpha value is -2.37. The van der Waals surface area contributed by atoms with Crippen LogP contribution in [0.3, 0.4) is 0 Å². The highest BCUT2D eigenvalue weighted by atomic mass is 35.5. The molecule has 2 fully saturated rings. The second kappa shape index (κ2) is 8.97. The van der Waals surface area contributed by atoms with Gasteiger partial charge < -0.3 is 10.2 Å². The van der Waals surface area contributed by atoms with Crippen molar-refractivity contribution in [3.63, 3.8) is 0 Å². The number of likely N-dealkylation sites (tertiary alicyclic amines) is 1. The van der Waals surface area contributed by atoms with Crippen LogP contribution in [-0.2, 0) is 16.1 Å². The van der Waals surface area contributed by atoms with Crippen molar-refractivity contribution in [1.29, 1.82) is 0 Å². The largest absolute Gasteiger partial charge is 0.353 e. The standard InChI is InChI=1S/C23H26ClN3O2/c24-18-6-8-20(9-7-18)27-15-12-21(23(27)29)22(28)25-19-10-13-26(14-11-19)16-17-4-2-1-3-5-17/h1-9,19,21H,10-16H2,(H,25,28)/t21-/m0/s1. The number of hydrogen-bond acceptors (Lipinski definition) is 3. The van der Waals surface area contributed by atoms with Crippen LogP contribution in [0.2, 0.25) is 5.02 Å². The van der Waals surface area contributed by atoms with Gasteiger partial charge in [0, 0.05) is 42.9 Å². The molecule has 1 atom stereocenters. The van der Waals surface area contributed by atoms with E-state index in [0.717, 1.165) is 38.2 Å². The molecule has 0 radical (unpaired) electrons. The molecular formula is C23H26ClN3O2. The van der Waals surface area contributed by atoms with Crippen LogP contribution in [-0.4, -0.2) is 42.4 Å². The highest BCUT2D eigenvalue weighted by Gasteiger charge is 2.38. The molecule has 1 N–H and O–H groups in total. The van der Waals surface area contributed by atoms with Gasteiger partial charge in [-0.1, -0.05) is 41.9 Å². The van der Waals surface area contributed by atoms with E-state index < -0.39 is 5.92 Å². The van der Waals surface area contributed by atoms with E-state index in [0.29, 0.717) is 18.0 Å². The molecule has 2 amide bonds. The first-order valence-electron chi connectivity index (χ1n) is 10.2. The van der Waals surface area contributed by atoms with Gasteiger partial charge in [-0.2, -0.15) is 0 Å². The van der Waals surface area contributed by atoms with Crippen molar-refractivity contribution in [1.82, 2.24) is 10.2 Å². The topological polar surface area (TPSA) is 52.7 Å². The van der Waals surface area contributed by atoms with E-state index >= 15 is 0 Å². The Labute approximate surface area is 176 Å². The summed E-state index contributed by atoms with van der Waals surface area (Å²) in [5.41, 5.74) is 2.11. The van der Waals surface area contributed by atoms with E-state index in [1.165, 1.54) is 5.56 Å². The van der Waals surface area contributed by atoms with Crippen LogP contribution in [0.15, 0.2) is 54.6 Å². The molecule has 2 aromatic rings. The first-order valence-corrected chi connectivity index (χ1v) is 10.6. The number of benzene rings is 2. The van der Waals surface area contributed by atoms with Gasteiger partial charge in [0.05, 0.1) is 0 Å². The number of rotatable bonds is 5. The van der Waals surface area contributed by atoms with E-state index in [9.17, 15) is 9.59 Å². The fourth-order valence-electron chi connectivity index (χ4n) is 4.18. The SMILES string of the molecule is O=C(NC1CCN(Cc2ccccc2)CC1)[C@@H]1CCN(c2ccc(Cl)cc2)C1=O. The van der Waals surface area contributed by atoms with Crippen LogP contribution in [0, 0.1) is 5.92 Å². The summed E-state index contributed by atoms with van der Waals surface area (Å²) in [6, 6.07) is 17.8. The number of hydrogen-bond donors (Lipinski definition) is 1.